The molecule has 16 heavy (non-hydrogen) atoms. The second-order valence-electron chi connectivity index (χ2n) is 2.72. The van der Waals surface area contributed by atoms with E-state index in [4.69, 9.17) is 0 Å². The van der Waals surface area contributed by atoms with Crippen molar-refractivity contribution in [1.82, 2.24) is 4.98 Å². The zero-order valence-corrected chi connectivity index (χ0v) is 9.72. The molecule has 0 unspecified atom stereocenters. The molecule has 1 heterocycles. The molecule has 0 saturated heterocycles. The summed E-state index contributed by atoms with van der Waals surface area (Å²) in [6.07, 6.45) is -2.94. The molecular formula is C9H7BrF3NO2. The Kier molecular flexibility index (Phi) is 4.28. The summed E-state index contributed by atoms with van der Waals surface area (Å²) >= 11 is 2.68. The lowest BCUT2D eigenvalue weighted by Gasteiger charge is -2.09. The first-order chi connectivity index (χ1) is 7.47. The molecule has 7 heteroatoms. The fraction of sp³-hybridized carbons (Fsp3) is 0.333. The first kappa shape index (κ1) is 13.0. The van der Waals surface area contributed by atoms with Gasteiger partial charge in [0.05, 0.1) is 17.7 Å². The predicted molar refractivity (Wildman–Crippen MR) is 52.8 cm³/mol. The van der Waals surface area contributed by atoms with Crippen molar-refractivity contribution in [2.24, 2.45) is 0 Å². The average molecular weight is 298 g/mol. The third-order valence-electron chi connectivity index (χ3n) is 1.69. The van der Waals surface area contributed by atoms with E-state index in [1.54, 1.807) is 0 Å². The van der Waals surface area contributed by atoms with Crippen molar-refractivity contribution in [3.63, 3.8) is 0 Å². The van der Waals surface area contributed by atoms with Gasteiger partial charge < -0.3 is 4.74 Å². The predicted octanol–water partition coefficient (Wildman–Crippen LogP) is 3.10. The van der Waals surface area contributed by atoms with Crippen LogP contribution in [0, 0.1) is 5.95 Å². The lowest BCUT2D eigenvalue weighted by Crippen LogP contribution is -2.11. The van der Waals surface area contributed by atoms with Crippen molar-refractivity contribution < 1.29 is 22.7 Å². The molecule has 3 nitrogen and oxygen atoms in total. The van der Waals surface area contributed by atoms with Crippen LogP contribution in [0.1, 0.15) is 29.3 Å². The number of carbonyl (C=O) groups is 1. The Labute approximate surface area is 97.8 Å². The Bertz CT molecular complexity index is 412. The number of esters is 1. The largest absolute Gasteiger partial charge is 0.462 e. The lowest BCUT2D eigenvalue weighted by atomic mass is 10.1. The van der Waals surface area contributed by atoms with E-state index in [0.717, 1.165) is 0 Å². The van der Waals surface area contributed by atoms with Gasteiger partial charge in [0.25, 0.3) is 6.43 Å². The molecule has 1 rings (SSSR count). The van der Waals surface area contributed by atoms with E-state index in [-0.39, 0.29) is 6.61 Å². The van der Waals surface area contributed by atoms with Crippen molar-refractivity contribution >= 4 is 21.9 Å². The molecule has 0 spiro atoms. The smallest absolute Gasteiger partial charge is 0.338 e. The second-order valence-corrected chi connectivity index (χ2v) is 3.47. The van der Waals surface area contributed by atoms with Crippen molar-refractivity contribution in [1.29, 1.82) is 0 Å². The summed E-state index contributed by atoms with van der Waals surface area (Å²) in [5.41, 5.74) is -1.18. The fourth-order valence-corrected chi connectivity index (χ4v) is 1.64. The van der Waals surface area contributed by atoms with Crippen LogP contribution in [-0.4, -0.2) is 17.6 Å². The van der Waals surface area contributed by atoms with Gasteiger partial charge in [-0.3, -0.25) is 0 Å². The van der Waals surface area contributed by atoms with Crippen LogP contribution in [0.15, 0.2) is 10.7 Å². The third kappa shape index (κ3) is 2.72. The van der Waals surface area contributed by atoms with Gasteiger partial charge in [-0.15, -0.1) is 0 Å². The summed E-state index contributed by atoms with van der Waals surface area (Å²) < 4.78 is 42.3. The normalized spacial score (nSPS) is 10.6. The molecule has 0 amide bonds. The molecular weight excluding hydrogens is 291 g/mol. The Morgan fingerprint density at radius 2 is 2.25 bits per heavy atom. The number of alkyl halides is 2. The molecule has 0 aliphatic rings. The van der Waals surface area contributed by atoms with Crippen LogP contribution >= 0.6 is 15.9 Å². The monoisotopic (exact) mass is 297 g/mol. The number of nitrogens with zero attached hydrogens (tertiary/aromatic N) is 1. The van der Waals surface area contributed by atoms with Crippen LogP contribution in [0.4, 0.5) is 13.2 Å². The Morgan fingerprint density at radius 3 is 2.75 bits per heavy atom. The molecule has 0 aliphatic heterocycles. The summed E-state index contributed by atoms with van der Waals surface area (Å²) in [4.78, 5) is 14.5. The van der Waals surface area contributed by atoms with E-state index in [1.807, 2.05) is 0 Å². The molecule has 0 aromatic carbocycles. The van der Waals surface area contributed by atoms with Gasteiger partial charge in [0, 0.05) is 6.07 Å². The number of ether oxygens (including phenoxy) is 1. The number of rotatable bonds is 3. The summed E-state index contributed by atoms with van der Waals surface area (Å²) in [7, 11) is 0. The minimum atomic E-state index is -2.94. The average Bonchev–Trinajstić information content (AvgIpc) is 2.15. The van der Waals surface area contributed by atoms with Gasteiger partial charge >= 0.3 is 5.97 Å². The molecule has 0 N–H and O–H groups in total. The molecule has 0 aliphatic carbocycles. The molecule has 0 atom stereocenters. The van der Waals surface area contributed by atoms with Crippen LogP contribution in [0.2, 0.25) is 0 Å². The number of carbonyl (C=O) groups excluding carboxylic acids is 1. The van der Waals surface area contributed by atoms with Gasteiger partial charge in [-0.1, -0.05) is 0 Å². The summed E-state index contributed by atoms with van der Waals surface area (Å²) in [5, 5.41) is 0. The summed E-state index contributed by atoms with van der Waals surface area (Å²) in [6, 6.07) is 0.629. The minimum Gasteiger partial charge on any atom is -0.462 e. The molecule has 1 aromatic rings. The molecule has 0 saturated carbocycles. The molecule has 88 valence electrons. The van der Waals surface area contributed by atoms with E-state index in [9.17, 15) is 18.0 Å². The molecule has 1 aromatic heterocycles. The number of aromatic nitrogens is 1. The highest BCUT2D eigenvalue weighted by molar-refractivity contribution is 9.10. The van der Waals surface area contributed by atoms with E-state index < -0.39 is 34.1 Å². The van der Waals surface area contributed by atoms with Crippen molar-refractivity contribution in [2.75, 3.05) is 6.61 Å². The zero-order chi connectivity index (χ0) is 12.3. The standard InChI is InChI=1S/C9H7BrF3NO2/c1-2-16-9(15)4-3-5(11)14-7(10)6(4)8(12)13/h3,8H,2H2,1H3. The van der Waals surface area contributed by atoms with E-state index in [1.165, 1.54) is 6.92 Å². The zero-order valence-electron chi connectivity index (χ0n) is 8.14. The Hall–Kier alpha value is -1.11. The van der Waals surface area contributed by atoms with Gasteiger partial charge in [-0.2, -0.15) is 4.39 Å². The Morgan fingerprint density at radius 1 is 1.62 bits per heavy atom. The van der Waals surface area contributed by atoms with Gasteiger partial charge in [0.15, 0.2) is 0 Å². The maximum absolute atomic E-state index is 12.9. The van der Waals surface area contributed by atoms with Gasteiger partial charge in [0.1, 0.15) is 4.60 Å². The minimum absolute atomic E-state index is 0.0169. The molecule has 0 radical (unpaired) electrons. The van der Waals surface area contributed by atoms with Crippen molar-refractivity contribution in [2.45, 2.75) is 13.3 Å². The second kappa shape index (κ2) is 5.29. The number of hydrogen-bond acceptors (Lipinski definition) is 3. The maximum Gasteiger partial charge on any atom is 0.338 e. The van der Waals surface area contributed by atoms with Crippen LogP contribution in [-0.2, 0) is 4.74 Å². The fourth-order valence-electron chi connectivity index (χ4n) is 1.08. The first-order valence-corrected chi connectivity index (χ1v) is 5.07. The SMILES string of the molecule is CCOC(=O)c1cc(F)nc(Br)c1C(F)F. The highest BCUT2D eigenvalue weighted by Crippen LogP contribution is 2.30. The Balaban J connectivity index is 3.29. The third-order valence-corrected chi connectivity index (χ3v) is 2.30. The van der Waals surface area contributed by atoms with Gasteiger partial charge in [0.2, 0.25) is 5.95 Å². The van der Waals surface area contributed by atoms with Crippen LogP contribution in [0.25, 0.3) is 0 Å². The van der Waals surface area contributed by atoms with E-state index in [2.05, 4.69) is 25.7 Å². The van der Waals surface area contributed by atoms with Crippen LogP contribution < -0.4 is 0 Å². The number of hydrogen-bond donors (Lipinski definition) is 0. The van der Waals surface area contributed by atoms with Gasteiger partial charge in [-0.25, -0.2) is 18.6 Å². The highest BCUT2D eigenvalue weighted by Gasteiger charge is 2.24. The van der Waals surface area contributed by atoms with Crippen molar-refractivity contribution in [3.05, 3.63) is 27.7 Å². The topological polar surface area (TPSA) is 39.2 Å². The first-order valence-electron chi connectivity index (χ1n) is 4.28. The van der Waals surface area contributed by atoms with E-state index in [0.29, 0.717) is 6.07 Å². The number of halogens is 4. The number of pyridine rings is 1. The van der Waals surface area contributed by atoms with Gasteiger partial charge in [-0.05, 0) is 22.9 Å². The van der Waals surface area contributed by atoms with Crippen LogP contribution in [0.3, 0.4) is 0 Å². The molecule has 0 bridgehead atoms. The molecule has 0 fully saturated rings. The summed E-state index contributed by atoms with van der Waals surface area (Å²) in [5.74, 6) is -2.03. The lowest BCUT2D eigenvalue weighted by molar-refractivity contribution is 0.0514. The van der Waals surface area contributed by atoms with E-state index >= 15 is 0 Å². The van der Waals surface area contributed by atoms with Crippen LogP contribution in [0.5, 0.6) is 0 Å². The summed E-state index contributed by atoms with van der Waals surface area (Å²) in [6.45, 7) is 1.54. The quantitative estimate of drug-likeness (QED) is 0.636. The van der Waals surface area contributed by atoms with Crippen molar-refractivity contribution in [3.8, 4) is 0 Å². The maximum atomic E-state index is 12.9. The highest BCUT2D eigenvalue weighted by atomic mass is 79.9.